The molecule has 3 nitrogen and oxygen atoms in total. The van der Waals surface area contributed by atoms with Crippen LogP contribution in [0.3, 0.4) is 0 Å². The van der Waals surface area contributed by atoms with Gasteiger partial charge in [-0.2, -0.15) is 0 Å². The van der Waals surface area contributed by atoms with Crippen molar-refractivity contribution in [2.24, 2.45) is 0 Å². The summed E-state index contributed by atoms with van der Waals surface area (Å²) in [5, 5.41) is 3.28. The number of hydrogen-bond acceptors (Lipinski definition) is 4. The molecule has 0 saturated carbocycles. The normalized spacial score (nSPS) is 14.1. The Morgan fingerprint density at radius 2 is 2.39 bits per heavy atom. The zero-order chi connectivity index (χ0) is 12.4. The standard InChI is InChI=1S/C14H18N2OS/c1-2-15-7-6-14-16-9-11(17-14)13-8-10-4-3-5-12(10)18-13/h8-9,15H,2-7H2,1H3. The molecule has 0 fully saturated rings. The van der Waals surface area contributed by atoms with Crippen LogP contribution in [0.5, 0.6) is 0 Å². The summed E-state index contributed by atoms with van der Waals surface area (Å²) in [5.41, 5.74) is 1.51. The molecule has 0 saturated heterocycles. The van der Waals surface area contributed by atoms with Gasteiger partial charge in [0.25, 0.3) is 0 Å². The minimum Gasteiger partial charge on any atom is -0.440 e. The molecule has 96 valence electrons. The molecule has 18 heavy (non-hydrogen) atoms. The van der Waals surface area contributed by atoms with Crippen LogP contribution >= 0.6 is 11.3 Å². The van der Waals surface area contributed by atoms with E-state index in [1.54, 1.807) is 0 Å². The molecular weight excluding hydrogens is 244 g/mol. The van der Waals surface area contributed by atoms with Gasteiger partial charge in [-0.15, -0.1) is 11.3 Å². The highest BCUT2D eigenvalue weighted by molar-refractivity contribution is 7.15. The smallest absolute Gasteiger partial charge is 0.196 e. The Morgan fingerprint density at radius 1 is 1.44 bits per heavy atom. The molecule has 0 unspecified atom stereocenters. The van der Waals surface area contributed by atoms with Gasteiger partial charge < -0.3 is 9.73 Å². The van der Waals surface area contributed by atoms with E-state index in [2.05, 4.69) is 23.3 Å². The second-order valence-corrected chi connectivity index (χ2v) is 5.77. The maximum atomic E-state index is 5.81. The molecule has 2 aromatic heterocycles. The van der Waals surface area contributed by atoms with Crippen LogP contribution in [0, 0.1) is 0 Å². The maximum Gasteiger partial charge on any atom is 0.196 e. The number of nitrogens with zero attached hydrogens (tertiary/aromatic N) is 1. The highest BCUT2D eigenvalue weighted by Crippen LogP contribution is 2.36. The lowest BCUT2D eigenvalue weighted by Crippen LogP contribution is -2.16. The summed E-state index contributed by atoms with van der Waals surface area (Å²) < 4.78 is 5.81. The van der Waals surface area contributed by atoms with Crippen molar-refractivity contribution in [3.8, 4) is 10.6 Å². The van der Waals surface area contributed by atoms with Crippen molar-refractivity contribution in [3.05, 3.63) is 28.6 Å². The van der Waals surface area contributed by atoms with Crippen molar-refractivity contribution in [1.82, 2.24) is 10.3 Å². The molecule has 0 aromatic carbocycles. The number of aryl methyl sites for hydroxylation is 2. The van der Waals surface area contributed by atoms with E-state index >= 15 is 0 Å². The van der Waals surface area contributed by atoms with E-state index in [1.807, 2.05) is 17.5 Å². The van der Waals surface area contributed by atoms with Crippen molar-refractivity contribution >= 4 is 11.3 Å². The van der Waals surface area contributed by atoms with Crippen LogP contribution in [0.25, 0.3) is 10.6 Å². The molecule has 3 rings (SSSR count). The quantitative estimate of drug-likeness (QED) is 0.842. The van der Waals surface area contributed by atoms with Crippen LogP contribution in [-0.2, 0) is 19.3 Å². The number of rotatable bonds is 5. The van der Waals surface area contributed by atoms with Gasteiger partial charge in [-0.05, 0) is 37.4 Å². The van der Waals surface area contributed by atoms with E-state index in [9.17, 15) is 0 Å². The van der Waals surface area contributed by atoms with Crippen molar-refractivity contribution < 1.29 is 4.42 Å². The predicted molar refractivity (Wildman–Crippen MR) is 74.1 cm³/mol. The Kier molecular flexibility index (Phi) is 3.48. The van der Waals surface area contributed by atoms with Crippen LogP contribution in [0.4, 0.5) is 0 Å². The molecule has 1 N–H and O–H groups in total. The van der Waals surface area contributed by atoms with Gasteiger partial charge >= 0.3 is 0 Å². The topological polar surface area (TPSA) is 38.1 Å². The van der Waals surface area contributed by atoms with Crippen molar-refractivity contribution in [2.75, 3.05) is 13.1 Å². The first-order valence-electron chi connectivity index (χ1n) is 6.64. The molecule has 2 heterocycles. The van der Waals surface area contributed by atoms with Gasteiger partial charge in [0.1, 0.15) is 0 Å². The predicted octanol–water partition coefficient (Wildman–Crippen LogP) is 3.04. The number of nitrogens with one attached hydrogen (secondary N) is 1. The van der Waals surface area contributed by atoms with E-state index in [4.69, 9.17) is 4.42 Å². The number of hydrogen-bond donors (Lipinski definition) is 1. The molecule has 0 atom stereocenters. The Balaban J connectivity index is 1.72. The lowest BCUT2D eigenvalue weighted by Gasteiger charge is -1.96. The number of fused-ring (bicyclic) bond motifs is 1. The third-order valence-corrected chi connectivity index (χ3v) is 4.56. The minimum atomic E-state index is 0.833. The third-order valence-electron chi connectivity index (χ3n) is 3.31. The van der Waals surface area contributed by atoms with Gasteiger partial charge in [0.05, 0.1) is 11.1 Å². The summed E-state index contributed by atoms with van der Waals surface area (Å²) >= 11 is 1.87. The fourth-order valence-corrected chi connectivity index (χ4v) is 3.56. The van der Waals surface area contributed by atoms with E-state index in [1.165, 1.54) is 34.6 Å². The maximum absolute atomic E-state index is 5.81. The van der Waals surface area contributed by atoms with Gasteiger partial charge in [0.2, 0.25) is 0 Å². The summed E-state index contributed by atoms with van der Waals surface area (Å²) in [5.74, 6) is 1.76. The second-order valence-electron chi connectivity index (χ2n) is 4.63. The number of oxazole rings is 1. The Hall–Kier alpha value is -1.13. The van der Waals surface area contributed by atoms with Gasteiger partial charge in [-0.25, -0.2) is 4.98 Å². The molecular formula is C14H18N2OS. The number of aromatic nitrogens is 1. The first-order valence-corrected chi connectivity index (χ1v) is 7.46. The van der Waals surface area contributed by atoms with Gasteiger partial charge in [-0.1, -0.05) is 6.92 Å². The van der Waals surface area contributed by atoms with E-state index in [0.717, 1.165) is 31.2 Å². The van der Waals surface area contributed by atoms with Gasteiger partial charge in [-0.3, -0.25) is 0 Å². The summed E-state index contributed by atoms with van der Waals surface area (Å²) in [6.45, 7) is 4.02. The summed E-state index contributed by atoms with van der Waals surface area (Å²) in [7, 11) is 0. The lowest BCUT2D eigenvalue weighted by molar-refractivity contribution is 0.498. The lowest BCUT2D eigenvalue weighted by atomic mass is 10.2. The van der Waals surface area contributed by atoms with E-state index in [0.29, 0.717) is 0 Å². The van der Waals surface area contributed by atoms with Gasteiger partial charge in [0, 0.05) is 17.8 Å². The van der Waals surface area contributed by atoms with Crippen molar-refractivity contribution in [1.29, 1.82) is 0 Å². The van der Waals surface area contributed by atoms with E-state index in [-0.39, 0.29) is 0 Å². The molecule has 2 aromatic rings. The Morgan fingerprint density at radius 3 is 3.22 bits per heavy atom. The van der Waals surface area contributed by atoms with Crippen molar-refractivity contribution in [2.45, 2.75) is 32.6 Å². The molecule has 1 aliphatic carbocycles. The molecule has 0 bridgehead atoms. The van der Waals surface area contributed by atoms with E-state index < -0.39 is 0 Å². The monoisotopic (exact) mass is 262 g/mol. The average Bonchev–Trinajstić information content (AvgIpc) is 3.02. The second kappa shape index (κ2) is 5.24. The Bertz CT molecular complexity index is 508. The number of likely N-dealkylation sites (N-methyl/N-ethyl adjacent to an activating group) is 1. The van der Waals surface area contributed by atoms with Crippen LogP contribution in [0.2, 0.25) is 0 Å². The zero-order valence-corrected chi connectivity index (χ0v) is 11.5. The zero-order valence-electron chi connectivity index (χ0n) is 10.7. The number of thiophene rings is 1. The van der Waals surface area contributed by atoms with Crippen LogP contribution in [0.1, 0.15) is 29.7 Å². The summed E-state index contributed by atoms with van der Waals surface area (Å²) in [6.07, 6.45) is 6.50. The van der Waals surface area contributed by atoms with Crippen LogP contribution in [-0.4, -0.2) is 18.1 Å². The van der Waals surface area contributed by atoms with Gasteiger partial charge in [0.15, 0.2) is 11.7 Å². The first-order chi connectivity index (χ1) is 8.86. The highest BCUT2D eigenvalue weighted by atomic mass is 32.1. The summed E-state index contributed by atoms with van der Waals surface area (Å²) in [4.78, 5) is 7.12. The molecule has 4 heteroatoms. The molecule has 0 radical (unpaired) electrons. The first kappa shape index (κ1) is 11.9. The average molecular weight is 262 g/mol. The SMILES string of the molecule is CCNCCc1ncc(-c2cc3c(s2)CCC3)o1. The van der Waals surface area contributed by atoms with Crippen LogP contribution in [0.15, 0.2) is 16.7 Å². The molecule has 0 aliphatic heterocycles. The highest BCUT2D eigenvalue weighted by Gasteiger charge is 2.17. The minimum absolute atomic E-state index is 0.833. The van der Waals surface area contributed by atoms with Crippen molar-refractivity contribution in [3.63, 3.8) is 0 Å². The Labute approximate surface area is 111 Å². The van der Waals surface area contributed by atoms with Crippen LogP contribution < -0.4 is 5.32 Å². The molecule has 0 spiro atoms. The molecule has 1 aliphatic rings. The third kappa shape index (κ3) is 2.35. The fourth-order valence-electron chi connectivity index (χ4n) is 2.36. The molecule has 0 amide bonds. The fraction of sp³-hybridized carbons (Fsp3) is 0.500. The summed E-state index contributed by atoms with van der Waals surface area (Å²) in [6, 6.07) is 2.28. The largest absolute Gasteiger partial charge is 0.440 e.